The minimum Gasteiger partial charge on any atom is -0.352 e. The number of fused-ring (bicyclic) bond motifs is 1. The van der Waals surface area contributed by atoms with Crippen LogP contribution in [-0.4, -0.2) is 45.1 Å². The second kappa shape index (κ2) is 9.82. The molecule has 0 bridgehead atoms. The Balaban J connectivity index is 1.33. The predicted octanol–water partition coefficient (Wildman–Crippen LogP) is 3.52. The quantitative estimate of drug-likeness (QED) is 0.708. The summed E-state index contributed by atoms with van der Waals surface area (Å²) in [6.45, 7) is 5.29. The Labute approximate surface area is 179 Å². The van der Waals surface area contributed by atoms with Crippen molar-refractivity contribution in [2.75, 3.05) is 13.1 Å². The van der Waals surface area contributed by atoms with Gasteiger partial charge in [-0.2, -0.15) is 0 Å². The van der Waals surface area contributed by atoms with Gasteiger partial charge in [-0.3, -0.25) is 18.8 Å². The van der Waals surface area contributed by atoms with Crippen molar-refractivity contribution in [2.45, 2.75) is 89.9 Å². The molecule has 0 spiro atoms. The van der Waals surface area contributed by atoms with Crippen molar-refractivity contribution in [3.63, 3.8) is 0 Å². The molecular formula is C24H36N4O2. The van der Waals surface area contributed by atoms with E-state index < -0.39 is 0 Å². The molecule has 0 radical (unpaired) electrons. The maximum atomic E-state index is 12.9. The highest BCUT2D eigenvalue weighted by Gasteiger charge is 2.29. The van der Waals surface area contributed by atoms with Gasteiger partial charge in [0.1, 0.15) is 0 Å². The molecule has 6 heteroatoms. The third-order valence-corrected chi connectivity index (χ3v) is 6.86. The van der Waals surface area contributed by atoms with Crippen LogP contribution >= 0.6 is 0 Å². The van der Waals surface area contributed by atoms with Gasteiger partial charge in [-0.1, -0.05) is 44.7 Å². The van der Waals surface area contributed by atoms with Gasteiger partial charge < -0.3 is 5.32 Å². The SMILES string of the molecule is CCCn1c(=O)n(CCC(=O)NC2CCN(C3CCCCCC3)C2)c2ccccc21. The minimum absolute atomic E-state index is 0.00810. The Morgan fingerprint density at radius 3 is 2.33 bits per heavy atom. The highest BCUT2D eigenvalue weighted by atomic mass is 16.2. The van der Waals surface area contributed by atoms with Gasteiger partial charge in [-0.05, 0) is 37.8 Å². The first-order valence-corrected chi connectivity index (χ1v) is 11.9. The highest BCUT2D eigenvalue weighted by Crippen LogP contribution is 2.25. The number of carbonyl (C=O) groups excluding carboxylic acids is 1. The van der Waals surface area contributed by atoms with Crippen LogP contribution in [-0.2, 0) is 17.9 Å². The molecule has 2 aromatic rings. The monoisotopic (exact) mass is 412 g/mol. The van der Waals surface area contributed by atoms with E-state index >= 15 is 0 Å². The summed E-state index contributed by atoms with van der Waals surface area (Å²) in [5, 5.41) is 3.23. The number of nitrogens with one attached hydrogen (secondary N) is 1. The van der Waals surface area contributed by atoms with Gasteiger partial charge in [0.05, 0.1) is 11.0 Å². The highest BCUT2D eigenvalue weighted by molar-refractivity contribution is 5.78. The summed E-state index contributed by atoms with van der Waals surface area (Å²) < 4.78 is 3.59. The van der Waals surface area contributed by atoms with Crippen LogP contribution in [0.3, 0.4) is 0 Å². The fourth-order valence-corrected chi connectivity index (χ4v) is 5.30. The molecule has 1 saturated heterocycles. The molecule has 1 aliphatic heterocycles. The van der Waals surface area contributed by atoms with Crippen molar-refractivity contribution in [1.29, 1.82) is 0 Å². The van der Waals surface area contributed by atoms with Crippen LogP contribution in [0.5, 0.6) is 0 Å². The minimum atomic E-state index is -0.00810. The summed E-state index contributed by atoms with van der Waals surface area (Å²) in [4.78, 5) is 28.1. The molecule has 1 aromatic carbocycles. The van der Waals surface area contributed by atoms with E-state index in [0.717, 1.165) is 37.0 Å². The largest absolute Gasteiger partial charge is 0.352 e. The number of para-hydroxylation sites is 2. The number of benzene rings is 1. The van der Waals surface area contributed by atoms with E-state index in [-0.39, 0.29) is 17.6 Å². The molecule has 1 atom stereocenters. The van der Waals surface area contributed by atoms with E-state index in [2.05, 4.69) is 17.1 Å². The molecule has 2 aliphatic rings. The van der Waals surface area contributed by atoms with Gasteiger partial charge in [-0.25, -0.2) is 4.79 Å². The number of amides is 1. The topological polar surface area (TPSA) is 59.3 Å². The second-order valence-electron chi connectivity index (χ2n) is 9.02. The number of nitrogens with zero attached hydrogens (tertiary/aromatic N) is 3. The zero-order valence-corrected chi connectivity index (χ0v) is 18.3. The molecular weight excluding hydrogens is 376 g/mol. The zero-order valence-electron chi connectivity index (χ0n) is 18.3. The molecule has 30 heavy (non-hydrogen) atoms. The lowest BCUT2D eigenvalue weighted by Gasteiger charge is -2.26. The van der Waals surface area contributed by atoms with Gasteiger partial charge in [0.2, 0.25) is 5.91 Å². The van der Waals surface area contributed by atoms with E-state index in [1.165, 1.54) is 38.5 Å². The maximum absolute atomic E-state index is 12.9. The number of hydrogen-bond acceptors (Lipinski definition) is 3. The number of likely N-dealkylation sites (tertiary alicyclic amines) is 1. The molecule has 1 unspecified atom stereocenters. The van der Waals surface area contributed by atoms with Crippen molar-refractivity contribution in [3.05, 3.63) is 34.7 Å². The number of rotatable bonds is 7. The number of aromatic nitrogens is 2. The van der Waals surface area contributed by atoms with Crippen molar-refractivity contribution >= 4 is 16.9 Å². The molecule has 6 nitrogen and oxygen atoms in total. The molecule has 4 rings (SSSR count). The molecule has 164 valence electrons. The third-order valence-electron chi connectivity index (χ3n) is 6.86. The van der Waals surface area contributed by atoms with Crippen LogP contribution in [0.1, 0.15) is 64.7 Å². The Hall–Kier alpha value is -2.08. The Morgan fingerprint density at radius 2 is 1.67 bits per heavy atom. The number of hydrogen-bond donors (Lipinski definition) is 1. The molecule has 2 heterocycles. The Kier molecular flexibility index (Phi) is 6.93. The lowest BCUT2D eigenvalue weighted by molar-refractivity contribution is -0.121. The van der Waals surface area contributed by atoms with Gasteiger partial charge >= 0.3 is 5.69 Å². The van der Waals surface area contributed by atoms with E-state index in [9.17, 15) is 9.59 Å². The smallest absolute Gasteiger partial charge is 0.329 e. The number of aryl methyl sites for hydroxylation is 2. The third kappa shape index (κ3) is 4.64. The summed E-state index contributed by atoms with van der Waals surface area (Å²) in [7, 11) is 0. The van der Waals surface area contributed by atoms with Crippen LogP contribution in [0, 0.1) is 0 Å². The van der Waals surface area contributed by atoms with E-state index in [1.807, 2.05) is 28.8 Å². The summed E-state index contributed by atoms with van der Waals surface area (Å²) in [6.07, 6.45) is 10.4. The average Bonchev–Trinajstić information content (AvgIpc) is 3.18. The number of carbonyl (C=O) groups is 1. The van der Waals surface area contributed by atoms with Gasteiger partial charge in [-0.15, -0.1) is 0 Å². The summed E-state index contributed by atoms with van der Waals surface area (Å²) in [5.74, 6) is 0.0574. The van der Waals surface area contributed by atoms with Crippen molar-refractivity contribution in [2.24, 2.45) is 0 Å². The van der Waals surface area contributed by atoms with Crippen LogP contribution in [0.15, 0.2) is 29.1 Å². The summed E-state index contributed by atoms with van der Waals surface area (Å²) in [6, 6.07) is 8.84. The van der Waals surface area contributed by atoms with Gasteiger partial charge in [0.15, 0.2) is 0 Å². The lowest BCUT2D eigenvalue weighted by Crippen LogP contribution is -2.40. The van der Waals surface area contributed by atoms with Crippen molar-refractivity contribution in [1.82, 2.24) is 19.4 Å². The normalized spacial score (nSPS) is 21.2. The van der Waals surface area contributed by atoms with E-state index in [1.54, 1.807) is 4.57 Å². The predicted molar refractivity (Wildman–Crippen MR) is 121 cm³/mol. The summed E-state index contributed by atoms with van der Waals surface area (Å²) in [5.41, 5.74) is 1.87. The Morgan fingerprint density at radius 1 is 1.00 bits per heavy atom. The fraction of sp³-hybridized carbons (Fsp3) is 0.667. The zero-order chi connectivity index (χ0) is 20.9. The van der Waals surface area contributed by atoms with Crippen molar-refractivity contribution in [3.8, 4) is 0 Å². The Bertz CT molecular complexity index is 908. The first-order chi connectivity index (χ1) is 14.7. The van der Waals surface area contributed by atoms with Gasteiger partial charge in [0, 0.05) is 44.7 Å². The molecule has 2 fully saturated rings. The van der Waals surface area contributed by atoms with E-state index in [0.29, 0.717) is 25.6 Å². The standard InChI is InChI=1S/C24H36N4O2/c1-2-15-27-21-11-7-8-12-22(21)28(24(27)30)17-14-23(29)25-19-13-16-26(18-19)20-9-5-3-4-6-10-20/h7-8,11-12,19-20H,2-6,9-10,13-18H2,1H3,(H,25,29). The summed E-state index contributed by atoms with van der Waals surface area (Å²) >= 11 is 0. The fourth-order valence-electron chi connectivity index (χ4n) is 5.30. The maximum Gasteiger partial charge on any atom is 0.329 e. The number of imidazole rings is 1. The van der Waals surface area contributed by atoms with Crippen LogP contribution in [0.25, 0.3) is 11.0 Å². The second-order valence-corrected chi connectivity index (χ2v) is 9.02. The molecule has 1 amide bonds. The first-order valence-electron chi connectivity index (χ1n) is 11.9. The lowest BCUT2D eigenvalue weighted by atomic mass is 10.1. The van der Waals surface area contributed by atoms with Crippen LogP contribution < -0.4 is 11.0 Å². The molecule has 1 N–H and O–H groups in total. The van der Waals surface area contributed by atoms with E-state index in [4.69, 9.17) is 0 Å². The average molecular weight is 413 g/mol. The van der Waals surface area contributed by atoms with Crippen LogP contribution in [0.4, 0.5) is 0 Å². The molecule has 1 aromatic heterocycles. The van der Waals surface area contributed by atoms with Crippen LogP contribution in [0.2, 0.25) is 0 Å². The molecule has 1 saturated carbocycles. The van der Waals surface area contributed by atoms with Gasteiger partial charge in [0.25, 0.3) is 0 Å². The molecule has 1 aliphatic carbocycles. The van der Waals surface area contributed by atoms with Crippen molar-refractivity contribution < 1.29 is 4.79 Å². The first kappa shape index (κ1) is 21.2.